The summed E-state index contributed by atoms with van der Waals surface area (Å²) in [6.07, 6.45) is 1.93. The Kier molecular flexibility index (Phi) is 6.70. The van der Waals surface area contributed by atoms with Crippen molar-refractivity contribution in [2.75, 3.05) is 54.5 Å². The standard InChI is InChI=1S/C23H30N2O3/c1-24(2)11-5-13-27-17-7-9-19-21(15-17)22-16-18(8-10-20(22)23(19)26)28-14-6-12-25(3)4/h7-10,15-16H,5-6,11-14H2,1-4H3. The van der Waals surface area contributed by atoms with E-state index in [1.54, 1.807) is 0 Å². The number of nitrogens with zero attached hydrogens (tertiary/aromatic N) is 2. The van der Waals surface area contributed by atoms with Gasteiger partial charge in [-0.2, -0.15) is 0 Å². The van der Waals surface area contributed by atoms with E-state index < -0.39 is 0 Å². The van der Waals surface area contributed by atoms with Crippen molar-refractivity contribution in [3.63, 3.8) is 0 Å². The topological polar surface area (TPSA) is 42.0 Å². The van der Waals surface area contributed by atoms with Gasteiger partial charge in [-0.3, -0.25) is 4.79 Å². The summed E-state index contributed by atoms with van der Waals surface area (Å²) in [6, 6.07) is 11.5. The van der Waals surface area contributed by atoms with Crippen molar-refractivity contribution < 1.29 is 14.3 Å². The smallest absolute Gasteiger partial charge is 0.194 e. The fourth-order valence-corrected chi connectivity index (χ4v) is 3.35. The Morgan fingerprint density at radius 3 is 1.50 bits per heavy atom. The van der Waals surface area contributed by atoms with Crippen molar-refractivity contribution in [3.05, 3.63) is 47.5 Å². The van der Waals surface area contributed by atoms with Gasteiger partial charge in [0.15, 0.2) is 5.78 Å². The van der Waals surface area contributed by atoms with E-state index in [4.69, 9.17) is 9.47 Å². The molecule has 0 aromatic heterocycles. The summed E-state index contributed by atoms with van der Waals surface area (Å²) in [5, 5.41) is 0. The van der Waals surface area contributed by atoms with Crippen molar-refractivity contribution in [1.82, 2.24) is 9.80 Å². The van der Waals surface area contributed by atoms with Crippen LogP contribution in [0.4, 0.5) is 0 Å². The molecule has 0 radical (unpaired) electrons. The van der Waals surface area contributed by atoms with E-state index in [-0.39, 0.29) is 5.78 Å². The van der Waals surface area contributed by atoms with Crippen molar-refractivity contribution in [2.45, 2.75) is 12.8 Å². The van der Waals surface area contributed by atoms with Crippen molar-refractivity contribution >= 4 is 5.78 Å². The molecular formula is C23H30N2O3. The summed E-state index contributed by atoms with van der Waals surface area (Å²) < 4.78 is 11.8. The lowest BCUT2D eigenvalue weighted by atomic mass is 10.1. The second-order valence-corrected chi connectivity index (χ2v) is 7.75. The molecule has 5 nitrogen and oxygen atoms in total. The Bertz CT molecular complexity index is 763. The number of benzene rings is 2. The second-order valence-electron chi connectivity index (χ2n) is 7.75. The van der Waals surface area contributed by atoms with Gasteiger partial charge in [0.05, 0.1) is 13.2 Å². The fourth-order valence-electron chi connectivity index (χ4n) is 3.35. The van der Waals surface area contributed by atoms with Gasteiger partial charge in [-0.1, -0.05) is 0 Å². The minimum Gasteiger partial charge on any atom is -0.494 e. The van der Waals surface area contributed by atoms with Crippen LogP contribution in [0.25, 0.3) is 11.1 Å². The van der Waals surface area contributed by atoms with Gasteiger partial charge in [-0.25, -0.2) is 0 Å². The minimum atomic E-state index is 0.0725. The van der Waals surface area contributed by atoms with Crippen molar-refractivity contribution in [1.29, 1.82) is 0 Å². The first kappa shape index (κ1) is 20.4. The molecule has 0 bridgehead atoms. The number of hydrogen-bond acceptors (Lipinski definition) is 5. The maximum atomic E-state index is 12.7. The van der Waals surface area contributed by atoms with Gasteiger partial charge in [0, 0.05) is 24.2 Å². The highest BCUT2D eigenvalue weighted by atomic mass is 16.5. The SMILES string of the molecule is CN(C)CCCOc1ccc2c(c1)-c1cc(OCCCN(C)C)ccc1C2=O. The van der Waals surface area contributed by atoms with Crippen molar-refractivity contribution in [2.24, 2.45) is 0 Å². The predicted molar refractivity (Wildman–Crippen MR) is 113 cm³/mol. The van der Waals surface area contributed by atoms with Crippen LogP contribution in [0.15, 0.2) is 36.4 Å². The molecular weight excluding hydrogens is 352 g/mol. The molecule has 5 heteroatoms. The van der Waals surface area contributed by atoms with Crippen LogP contribution in [0.2, 0.25) is 0 Å². The van der Waals surface area contributed by atoms with Crippen LogP contribution in [-0.2, 0) is 0 Å². The van der Waals surface area contributed by atoms with Crippen LogP contribution in [0, 0.1) is 0 Å². The molecule has 0 saturated heterocycles. The van der Waals surface area contributed by atoms with Gasteiger partial charge in [-0.15, -0.1) is 0 Å². The molecule has 2 aromatic carbocycles. The van der Waals surface area contributed by atoms with Gasteiger partial charge in [0.2, 0.25) is 0 Å². The van der Waals surface area contributed by atoms with E-state index in [0.29, 0.717) is 13.2 Å². The van der Waals surface area contributed by atoms with E-state index in [2.05, 4.69) is 38.0 Å². The van der Waals surface area contributed by atoms with Crippen LogP contribution in [0.3, 0.4) is 0 Å². The third-order valence-corrected chi connectivity index (χ3v) is 4.80. The van der Waals surface area contributed by atoms with Crippen LogP contribution in [0.1, 0.15) is 28.8 Å². The number of carbonyl (C=O) groups is 1. The third kappa shape index (κ3) is 4.91. The Balaban J connectivity index is 1.71. The molecule has 28 heavy (non-hydrogen) atoms. The maximum absolute atomic E-state index is 12.7. The zero-order valence-electron chi connectivity index (χ0n) is 17.3. The van der Waals surface area contributed by atoms with Crippen LogP contribution >= 0.6 is 0 Å². The van der Waals surface area contributed by atoms with E-state index >= 15 is 0 Å². The molecule has 3 rings (SSSR count). The molecule has 0 saturated carbocycles. The molecule has 0 heterocycles. The molecule has 1 aliphatic rings. The highest BCUT2D eigenvalue weighted by molar-refractivity contribution is 6.21. The maximum Gasteiger partial charge on any atom is 0.194 e. The molecule has 0 aliphatic heterocycles. The number of ketones is 1. The number of fused-ring (bicyclic) bond motifs is 3. The first-order chi connectivity index (χ1) is 13.5. The van der Waals surface area contributed by atoms with E-state index in [9.17, 15) is 4.79 Å². The lowest BCUT2D eigenvalue weighted by molar-refractivity contribution is 0.104. The zero-order valence-corrected chi connectivity index (χ0v) is 17.3. The first-order valence-corrected chi connectivity index (χ1v) is 9.84. The van der Waals surface area contributed by atoms with E-state index in [0.717, 1.165) is 59.7 Å². The van der Waals surface area contributed by atoms with E-state index in [1.807, 2.05) is 36.4 Å². The summed E-state index contributed by atoms with van der Waals surface area (Å²) in [4.78, 5) is 17.0. The largest absolute Gasteiger partial charge is 0.494 e. The lowest BCUT2D eigenvalue weighted by Gasteiger charge is -2.12. The molecule has 0 fully saturated rings. The van der Waals surface area contributed by atoms with Gasteiger partial charge in [0.1, 0.15) is 11.5 Å². The van der Waals surface area contributed by atoms with Crippen LogP contribution < -0.4 is 9.47 Å². The Hall–Kier alpha value is -2.37. The second kappa shape index (κ2) is 9.22. The zero-order chi connectivity index (χ0) is 20.1. The Morgan fingerprint density at radius 1 is 0.679 bits per heavy atom. The number of rotatable bonds is 10. The van der Waals surface area contributed by atoms with Gasteiger partial charge < -0.3 is 19.3 Å². The predicted octanol–water partition coefficient (Wildman–Crippen LogP) is 3.56. The molecule has 0 spiro atoms. The average molecular weight is 383 g/mol. The van der Waals surface area contributed by atoms with E-state index in [1.165, 1.54) is 0 Å². The van der Waals surface area contributed by atoms with Gasteiger partial charge in [0.25, 0.3) is 0 Å². The lowest BCUT2D eigenvalue weighted by Crippen LogP contribution is -2.15. The Morgan fingerprint density at radius 2 is 1.11 bits per heavy atom. The van der Waals surface area contributed by atoms with Gasteiger partial charge >= 0.3 is 0 Å². The third-order valence-electron chi connectivity index (χ3n) is 4.80. The molecule has 0 atom stereocenters. The molecule has 150 valence electrons. The summed E-state index contributed by atoms with van der Waals surface area (Å²) >= 11 is 0. The summed E-state index contributed by atoms with van der Waals surface area (Å²) in [7, 11) is 8.21. The van der Waals surface area contributed by atoms with Gasteiger partial charge in [-0.05, 0) is 88.6 Å². The number of ether oxygens (including phenoxy) is 2. The quantitative estimate of drug-likeness (QED) is 0.502. The summed E-state index contributed by atoms with van der Waals surface area (Å²) in [5.74, 6) is 1.68. The molecule has 0 N–H and O–H groups in total. The fraction of sp³-hybridized carbons (Fsp3) is 0.435. The minimum absolute atomic E-state index is 0.0725. The summed E-state index contributed by atoms with van der Waals surface area (Å²) in [6.45, 7) is 3.29. The molecule has 0 amide bonds. The normalized spacial score (nSPS) is 12.4. The number of hydrogen-bond donors (Lipinski definition) is 0. The first-order valence-electron chi connectivity index (χ1n) is 9.84. The Labute approximate surface area is 167 Å². The highest BCUT2D eigenvalue weighted by Crippen LogP contribution is 2.40. The molecule has 1 aliphatic carbocycles. The van der Waals surface area contributed by atoms with Crippen LogP contribution in [-0.4, -0.2) is 70.1 Å². The van der Waals surface area contributed by atoms with Crippen molar-refractivity contribution in [3.8, 4) is 22.6 Å². The average Bonchev–Trinajstić information content (AvgIpc) is 2.94. The number of carbonyl (C=O) groups excluding carboxylic acids is 1. The van der Waals surface area contributed by atoms with Crippen LogP contribution in [0.5, 0.6) is 11.5 Å². The monoisotopic (exact) mass is 382 g/mol. The highest BCUT2D eigenvalue weighted by Gasteiger charge is 2.27. The molecule has 2 aromatic rings. The molecule has 0 unspecified atom stereocenters. The summed E-state index contributed by atoms with van der Waals surface area (Å²) in [5.41, 5.74) is 3.34.